The van der Waals surface area contributed by atoms with Crippen molar-refractivity contribution < 1.29 is 9.90 Å². The smallest absolute Gasteiger partial charge is 0.335 e. The number of aromatic nitrogens is 1. The van der Waals surface area contributed by atoms with E-state index in [1.54, 1.807) is 12.3 Å². The minimum absolute atomic E-state index is 0. The molecule has 1 aliphatic rings. The van der Waals surface area contributed by atoms with E-state index in [0.29, 0.717) is 5.56 Å². The third kappa shape index (κ3) is 2.59. The normalized spacial score (nSPS) is 14.8. The number of hydrogen-bond donors (Lipinski definition) is 1. The quantitative estimate of drug-likeness (QED) is 0.839. The standard InChI is InChI=1S/C10H12N2O2.ClH/c13-10(14)8-3-4-11-9(7-8)12-5-1-2-6-12;/h3-4,7H,1-2,5-6H2,(H,13,14);1H. The Morgan fingerprint density at radius 2 is 2.07 bits per heavy atom. The fourth-order valence-electron chi connectivity index (χ4n) is 1.67. The largest absolute Gasteiger partial charge is 0.478 e. The minimum Gasteiger partial charge on any atom is -0.478 e. The molecule has 0 aromatic carbocycles. The van der Waals surface area contributed by atoms with Gasteiger partial charge in [-0.25, -0.2) is 9.78 Å². The Morgan fingerprint density at radius 1 is 1.40 bits per heavy atom. The Kier molecular flexibility index (Phi) is 3.91. The summed E-state index contributed by atoms with van der Waals surface area (Å²) >= 11 is 0. The monoisotopic (exact) mass is 228 g/mol. The summed E-state index contributed by atoms with van der Waals surface area (Å²) in [5, 5.41) is 8.81. The van der Waals surface area contributed by atoms with Crippen molar-refractivity contribution >= 4 is 24.2 Å². The molecular formula is C10H13ClN2O2. The number of pyridine rings is 1. The first kappa shape index (κ1) is 11.8. The van der Waals surface area contributed by atoms with Gasteiger partial charge in [0.1, 0.15) is 5.82 Å². The zero-order chi connectivity index (χ0) is 9.97. The molecule has 1 N–H and O–H groups in total. The predicted octanol–water partition coefficient (Wildman–Crippen LogP) is 1.80. The van der Waals surface area contributed by atoms with E-state index < -0.39 is 5.97 Å². The van der Waals surface area contributed by atoms with Crippen LogP contribution in [0.25, 0.3) is 0 Å². The molecular weight excluding hydrogens is 216 g/mol. The second-order valence-corrected chi connectivity index (χ2v) is 3.40. The summed E-state index contributed by atoms with van der Waals surface area (Å²) in [6.45, 7) is 1.96. The van der Waals surface area contributed by atoms with Gasteiger partial charge in [-0.3, -0.25) is 0 Å². The third-order valence-electron chi connectivity index (χ3n) is 2.42. The van der Waals surface area contributed by atoms with Crippen molar-refractivity contribution in [3.8, 4) is 0 Å². The minimum atomic E-state index is -0.896. The van der Waals surface area contributed by atoms with Gasteiger partial charge in [0.2, 0.25) is 0 Å². The molecule has 15 heavy (non-hydrogen) atoms. The van der Waals surface area contributed by atoms with Gasteiger partial charge in [-0.2, -0.15) is 0 Å². The van der Waals surface area contributed by atoms with Gasteiger partial charge in [-0.05, 0) is 25.0 Å². The Hall–Kier alpha value is -1.29. The van der Waals surface area contributed by atoms with Crippen molar-refractivity contribution in [2.75, 3.05) is 18.0 Å². The fourth-order valence-corrected chi connectivity index (χ4v) is 1.67. The highest BCUT2D eigenvalue weighted by Gasteiger charge is 2.14. The van der Waals surface area contributed by atoms with Crippen LogP contribution in [0.1, 0.15) is 23.2 Å². The van der Waals surface area contributed by atoms with E-state index in [0.717, 1.165) is 18.9 Å². The fraction of sp³-hybridized carbons (Fsp3) is 0.400. The zero-order valence-corrected chi connectivity index (χ0v) is 9.04. The zero-order valence-electron chi connectivity index (χ0n) is 8.22. The molecule has 0 aliphatic carbocycles. The summed E-state index contributed by atoms with van der Waals surface area (Å²) in [5.74, 6) is -0.116. The highest BCUT2D eigenvalue weighted by molar-refractivity contribution is 5.88. The highest BCUT2D eigenvalue weighted by atomic mass is 35.5. The molecule has 4 nitrogen and oxygen atoms in total. The lowest BCUT2D eigenvalue weighted by atomic mass is 10.2. The first-order valence-electron chi connectivity index (χ1n) is 4.71. The average Bonchev–Trinajstić information content (AvgIpc) is 2.71. The number of nitrogens with zero attached hydrogens (tertiary/aromatic N) is 2. The Balaban J connectivity index is 0.00000112. The van der Waals surface area contributed by atoms with Crippen LogP contribution >= 0.6 is 12.4 Å². The molecule has 1 saturated heterocycles. The molecule has 0 radical (unpaired) electrons. The molecule has 1 fully saturated rings. The van der Waals surface area contributed by atoms with E-state index >= 15 is 0 Å². The highest BCUT2D eigenvalue weighted by Crippen LogP contribution is 2.18. The Bertz CT molecular complexity index is 351. The van der Waals surface area contributed by atoms with Crippen LogP contribution in [0.4, 0.5) is 5.82 Å². The second kappa shape index (κ2) is 4.98. The Morgan fingerprint density at radius 3 is 2.67 bits per heavy atom. The van der Waals surface area contributed by atoms with Crippen molar-refractivity contribution in [3.05, 3.63) is 23.9 Å². The first-order valence-corrected chi connectivity index (χ1v) is 4.71. The number of carboxylic acids is 1. The van der Waals surface area contributed by atoms with Gasteiger partial charge in [0.05, 0.1) is 5.56 Å². The van der Waals surface area contributed by atoms with Crippen LogP contribution in [0.15, 0.2) is 18.3 Å². The van der Waals surface area contributed by atoms with Gasteiger partial charge < -0.3 is 10.0 Å². The number of rotatable bonds is 2. The molecule has 0 unspecified atom stereocenters. The lowest BCUT2D eigenvalue weighted by Gasteiger charge is -2.15. The van der Waals surface area contributed by atoms with Crippen LogP contribution in [0.5, 0.6) is 0 Å². The lowest BCUT2D eigenvalue weighted by Crippen LogP contribution is -2.19. The maximum Gasteiger partial charge on any atom is 0.335 e. The van der Waals surface area contributed by atoms with E-state index in [1.807, 2.05) is 0 Å². The maximum atomic E-state index is 10.7. The summed E-state index contributed by atoms with van der Waals surface area (Å²) in [5.41, 5.74) is 0.307. The van der Waals surface area contributed by atoms with Crippen molar-refractivity contribution in [3.63, 3.8) is 0 Å². The van der Waals surface area contributed by atoms with Gasteiger partial charge >= 0.3 is 5.97 Å². The van der Waals surface area contributed by atoms with E-state index in [2.05, 4.69) is 9.88 Å². The van der Waals surface area contributed by atoms with Crippen molar-refractivity contribution in [1.29, 1.82) is 0 Å². The van der Waals surface area contributed by atoms with Gasteiger partial charge in [-0.1, -0.05) is 0 Å². The van der Waals surface area contributed by atoms with Gasteiger partial charge in [-0.15, -0.1) is 12.4 Å². The summed E-state index contributed by atoms with van der Waals surface area (Å²) < 4.78 is 0. The van der Waals surface area contributed by atoms with Crippen LogP contribution < -0.4 is 4.90 Å². The summed E-state index contributed by atoms with van der Waals surface area (Å²) in [6.07, 6.45) is 3.88. The van der Waals surface area contributed by atoms with Crippen molar-refractivity contribution in [2.45, 2.75) is 12.8 Å². The van der Waals surface area contributed by atoms with E-state index in [4.69, 9.17) is 5.11 Å². The van der Waals surface area contributed by atoms with Crippen LogP contribution in [-0.4, -0.2) is 29.1 Å². The van der Waals surface area contributed by atoms with Crippen LogP contribution in [0.2, 0.25) is 0 Å². The van der Waals surface area contributed by atoms with E-state index in [1.165, 1.54) is 18.9 Å². The number of carboxylic acid groups (broad SMARTS) is 1. The first-order chi connectivity index (χ1) is 6.77. The number of carbonyl (C=O) groups is 1. The molecule has 0 saturated carbocycles. The van der Waals surface area contributed by atoms with Crippen LogP contribution in [0, 0.1) is 0 Å². The molecule has 82 valence electrons. The number of hydrogen-bond acceptors (Lipinski definition) is 3. The molecule has 0 atom stereocenters. The predicted molar refractivity (Wildman–Crippen MR) is 59.9 cm³/mol. The summed E-state index contributed by atoms with van der Waals surface area (Å²) in [6, 6.07) is 3.15. The molecule has 5 heteroatoms. The molecule has 0 bridgehead atoms. The number of halogens is 1. The molecule has 2 rings (SSSR count). The Labute approximate surface area is 94.3 Å². The van der Waals surface area contributed by atoms with Crippen molar-refractivity contribution in [2.24, 2.45) is 0 Å². The van der Waals surface area contributed by atoms with E-state index in [9.17, 15) is 4.79 Å². The number of anilines is 1. The number of aromatic carboxylic acids is 1. The summed E-state index contributed by atoms with van der Waals surface area (Å²) in [4.78, 5) is 17.0. The van der Waals surface area contributed by atoms with Crippen LogP contribution in [-0.2, 0) is 0 Å². The van der Waals surface area contributed by atoms with Gasteiger partial charge in [0, 0.05) is 19.3 Å². The van der Waals surface area contributed by atoms with Crippen molar-refractivity contribution in [1.82, 2.24) is 4.98 Å². The third-order valence-corrected chi connectivity index (χ3v) is 2.42. The molecule has 1 aromatic rings. The van der Waals surface area contributed by atoms with Gasteiger partial charge in [0.15, 0.2) is 0 Å². The van der Waals surface area contributed by atoms with Crippen LogP contribution in [0.3, 0.4) is 0 Å². The summed E-state index contributed by atoms with van der Waals surface area (Å²) in [7, 11) is 0. The molecule has 1 aromatic heterocycles. The molecule has 0 amide bonds. The SMILES string of the molecule is Cl.O=C(O)c1ccnc(N2CCCC2)c1. The lowest BCUT2D eigenvalue weighted by molar-refractivity contribution is 0.0697. The maximum absolute atomic E-state index is 10.7. The molecule has 2 heterocycles. The topological polar surface area (TPSA) is 53.4 Å². The second-order valence-electron chi connectivity index (χ2n) is 3.40. The van der Waals surface area contributed by atoms with Gasteiger partial charge in [0.25, 0.3) is 0 Å². The van der Waals surface area contributed by atoms with E-state index in [-0.39, 0.29) is 12.4 Å². The average molecular weight is 229 g/mol. The molecule has 0 spiro atoms. The molecule has 1 aliphatic heterocycles.